The fourth-order valence-corrected chi connectivity index (χ4v) is 5.34. The van der Waals surface area contributed by atoms with Gasteiger partial charge >= 0.3 is 0 Å². The topological polar surface area (TPSA) is 84.5 Å². The Morgan fingerprint density at radius 1 is 1.11 bits per heavy atom. The Bertz CT molecular complexity index is 1280. The number of primary amides is 1. The molecule has 2 N–H and O–H groups in total. The summed E-state index contributed by atoms with van der Waals surface area (Å²) < 4.78 is 1.49. The van der Waals surface area contributed by atoms with Gasteiger partial charge in [-0.2, -0.15) is 5.10 Å². The molecule has 0 unspecified atom stereocenters. The molecular formula is C27H30ClN5O2. The zero-order valence-electron chi connectivity index (χ0n) is 20.1. The molecule has 0 spiro atoms. The van der Waals surface area contributed by atoms with E-state index in [0.29, 0.717) is 34.9 Å². The van der Waals surface area contributed by atoms with Crippen molar-refractivity contribution in [3.63, 3.8) is 0 Å². The SMILES string of the molecule is CCN(CC)CC1(c2ccc(N3CCc4c(C(N)=O)nn(-c5cccc(Cl)c5)c4C3=O)cc2)CC1. The van der Waals surface area contributed by atoms with Crippen LogP contribution in [0.4, 0.5) is 5.69 Å². The van der Waals surface area contributed by atoms with Crippen molar-refractivity contribution in [1.29, 1.82) is 0 Å². The molecule has 7 nitrogen and oxygen atoms in total. The van der Waals surface area contributed by atoms with Crippen LogP contribution in [-0.2, 0) is 11.8 Å². The van der Waals surface area contributed by atoms with E-state index in [4.69, 9.17) is 17.3 Å². The van der Waals surface area contributed by atoms with Crippen LogP contribution in [0.1, 0.15) is 58.8 Å². The summed E-state index contributed by atoms with van der Waals surface area (Å²) in [7, 11) is 0. The zero-order chi connectivity index (χ0) is 24.7. The van der Waals surface area contributed by atoms with Crippen molar-refractivity contribution in [2.24, 2.45) is 5.73 Å². The number of rotatable bonds is 8. The first kappa shape index (κ1) is 23.6. The van der Waals surface area contributed by atoms with Crippen molar-refractivity contribution in [1.82, 2.24) is 14.7 Å². The van der Waals surface area contributed by atoms with Gasteiger partial charge in [0.2, 0.25) is 0 Å². The van der Waals surface area contributed by atoms with E-state index in [1.807, 2.05) is 12.1 Å². The van der Waals surface area contributed by atoms with Crippen molar-refractivity contribution in [2.75, 3.05) is 31.1 Å². The fourth-order valence-electron chi connectivity index (χ4n) is 5.16. The van der Waals surface area contributed by atoms with Gasteiger partial charge in [0.15, 0.2) is 5.69 Å². The van der Waals surface area contributed by atoms with Crippen LogP contribution in [0.5, 0.6) is 0 Å². The number of nitrogens with two attached hydrogens (primary N) is 1. The zero-order valence-corrected chi connectivity index (χ0v) is 20.9. The maximum absolute atomic E-state index is 13.7. The normalized spacial score (nSPS) is 16.5. The highest BCUT2D eigenvalue weighted by Gasteiger charge is 2.45. The van der Waals surface area contributed by atoms with E-state index in [1.165, 1.54) is 23.1 Å². The Balaban J connectivity index is 1.46. The van der Waals surface area contributed by atoms with Crippen LogP contribution < -0.4 is 10.6 Å². The molecule has 1 saturated carbocycles. The lowest BCUT2D eigenvalue weighted by Gasteiger charge is -2.29. The van der Waals surface area contributed by atoms with Gasteiger partial charge in [0.05, 0.1) is 5.69 Å². The first-order chi connectivity index (χ1) is 16.9. The third-order valence-electron chi connectivity index (χ3n) is 7.37. The van der Waals surface area contributed by atoms with Gasteiger partial charge in [-0.3, -0.25) is 9.59 Å². The van der Waals surface area contributed by atoms with Gasteiger partial charge in [-0.1, -0.05) is 43.6 Å². The number of halogens is 1. The number of amides is 2. The van der Waals surface area contributed by atoms with E-state index in [2.05, 4.69) is 36.0 Å². The maximum atomic E-state index is 13.7. The van der Waals surface area contributed by atoms with Crippen LogP contribution in [0.2, 0.25) is 5.02 Å². The number of carbonyl (C=O) groups is 2. The third kappa shape index (κ3) is 4.23. The van der Waals surface area contributed by atoms with Gasteiger partial charge in [0, 0.05) is 34.8 Å². The number of aromatic nitrogens is 2. The summed E-state index contributed by atoms with van der Waals surface area (Å²) in [5.74, 6) is -0.848. The molecule has 0 radical (unpaired) electrons. The molecule has 0 atom stereocenters. The summed E-state index contributed by atoms with van der Waals surface area (Å²) in [4.78, 5) is 30.0. The molecule has 35 heavy (non-hydrogen) atoms. The van der Waals surface area contributed by atoms with Crippen molar-refractivity contribution in [2.45, 2.75) is 38.5 Å². The van der Waals surface area contributed by atoms with Gasteiger partial charge in [0.1, 0.15) is 5.69 Å². The summed E-state index contributed by atoms with van der Waals surface area (Å²) in [5, 5.41) is 4.93. The molecular weight excluding hydrogens is 462 g/mol. The Hall–Kier alpha value is -3.16. The maximum Gasteiger partial charge on any atom is 0.277 e. The van der Waals surface area contributed by atoms with Crippen molar-refractivity contribution < 1.29 is 9.59 Å². The number of nitrogens with zero attached hydrogens (tertiary/aromatic N) is 4. The monoisotopic (exact) mass is 491 g/mol. The van der Waals surface area contributed by atoms with Crippen LogP contribution in [0.3, 0.4) is 0 Å². The van der Waals surface area contributed by atoms with Crippen LogP contribution in [0.25, 0.3) is 5.69 Å². The lowest BCUT2D eigenvalue weighted by atomic mass is 9.94. The highest BCUT2D eigenvalue weighted by atomic mass is 35.5. The molecule has 3 aromatic rings. The van der Waals surface area contributed by atoms with Crippen molar-refractivity contribution in [3.05, 3.63) is 76.1 Å². The average molecular weight is 492 g/mol. The molecule has 2 aliphatic rings. The highest BCUT2D eigenvalue weighted by Crippen LogP contribution is 2.49. The van der Waals surface area contributed by atoms with Crippen LogP contribution in [0.15, 0.2) is 48.5 Å². The second-order valence-electron chi connectivity index (χ2n) is 9.43. The number of likely N-dealkylation sites (N-methyl/N-ethyl adjacent to an activating group) is 1. The standard InChI is InChI=1S/C27H30ClN5O2/c1-3-31(4-2)17-27(13-14-27)18-8-10-20(11-9-18)32-15-12-22-23(25(29)34)30-33(24(22)26(32)35)21-7-5-6-19(28)16-21/h5-11,16H,3-4,12-15,17H2,1-2H3,(H2,29,34). The predicted molar refractivity (Wildman–Crippen MR) is 138 cm³/mol. The number of anilines is 1. The minimum atomic E-state index is -0.643. The smallest absolute Gasteiger partial charge is 0.277 e. The quantitative estimate of drug-likeness (QED) is 0.511. The van der Waals surface area contributed by atoms with E-state index in [0.717, 1.165) is 25.3 Å². The van der Waals surface area contributed by atoms with Crippen LogP contribution in [-0.4, -0.2) is 52.7 Å². The molecule has 0 bridgehead atoms. The molecule has 1 fully saturated rings. The van der Waals surface area contributed by atoms with Gasteiger partial charge in [-0.05, 0) is 68.2 Å². The van der Waals surface area contributed by atoms with E-state index in [9.17, 15) is 9.59 Å². The lowest BCUT2D eigenvalue weighted by molar-refractivity contribution is 0.0972. The molecule has 1 aliphatic heterocycles. The second-order valence-corrected chi connectivity index (χ2v) is 9.86. The molecule has 1 aromatic heterocycles. The summed E-state index contributed by atoms with van der Waals surface area (Å²) in [6.45, 7) is 8.04. The summed E-state index contributed by atoms with van der Waals surface area (Å²) >= 11 is 6.18. The van der Waals surface area contributed by atoms with Gasteiger partial charge < -0.3 is 15.5 Å². The van der Waals surface area contributed by atoms with Gasteiger partial charge in [0.25, 0.3) is 11.8 Å². The molecule has 5 rings (SSSR count). The Morgan fingerprint density at radius 3 is 2.43 bits per heavy atom. The van der Waals surface area contributed by atoms with E-state index < -0.39 is 5.91 Å². The third-order valence-corrected chi connectivity index (χ3v) is 7.60. The minimum Gasteiger partial charge on any atom is -0.364 e. The Kier molecular flexibility index (Phi) is 6.15. The number of hydrogen-bond acceptors (Lipinski definition) is 4. The number of hydrogen-bond donors (Lipinski definition) is 1. The van der Waals surface area contributed by atoms with E-state index in [-0.39, 0.29) is 17.0 Å². The number of benzene rings is 2. The lowest BCUT2D eigenvalue weighted by Crippen LogP contribution is -2.39. The van der Waals surface area contributed by atoms with Crippen molar-refractivity contribution >= 4 is 29.1 Å². The average Bonchev–Trinajstić information content (AvgIpc) is 3.53. The Morgan fingerprint density at radius 2 is 1.83 bits per heavy atom. The predicted octanol–water partition coefficient (Wildman–Crippen LogP) is 4.20. The Labute approximate surface area is 210 Å². The number of carbonyl (C=O) groups excluding carboxylic acids is 2. The minimum absolute atomic E-state index is 0.135. The molecule has 182 valence electrons. The summed E-state index contributed by atoms with van der Waals surface area (Å²) in [6.07, 6.45) is 2.89. The molecule has 2 heterocycles. The first-order valence-electron chi connectivity index (χ1n) is 12.2. The summed E-state index contributed by atoms with van der Waals surface area (Å²) in [6, 6.07) is 15.5. The summed E-state index contributed by atoms with van der Waals surface area (Å²) in [5.41, 5.74) is 9.69. The largest absolute Gasteiger partial charge is 0.364 e. The van der Waals surface area contributed by atoms with Gasteiger partial charge in [-0.15, -0.1) is 0 Å². The molecule has 0 saturated heterocycles. The second kappa shape index (κ2) is 9.13. The molecule has 2 aromatic carbocycles. The van der Waals surface area contributed by atoms with Crippen LogP contribution >= 0.6 is 11.6 Å². The van der Waals surface area contributed by atoms with Crippen molar-refractivity contribution in [3.8, 4) is 5.69 Å². The molecule has 1 aliphatic carbocycles. The molecule has 2 amide bonds. The van der Waals surface area contributed by atoms with E-state index >= 15 is 0 Å². The van der Waals surface area contributed by atoms with Crippen LogP contribution in [0, 0.1) is 0 Å². The van der Waals surface area contributed by atoms with Gasteiger partial charge in [-0.25, -0.2) is 4.68 Å². The molecule has 8 heteroatoms. The van der Waals surface area contributed by atoms with E-state index in [1.54, 1.807) is 29.2 Å². The fraction of sp³-hybridized carbons (Fsp3) is 0.370. The first-order valence-corrected chi connectivity index (χ1v) is 12.6. The number of fused-ring (bicyclic) bond motifs is 1. The highest BCUT2D eigenvalue weighted by molar-refractivity contribution is 6.30.